The van der Waals surface area contributed by atoms with Crippen molar-refractivity contribution in [2.75, 3.05) is 27.3 Å². The topological polar surface area (TPSA) is 102 Å². The number of fused-ring (bicyclic) bond motifs is 1. The second-order valence-corrected chi connectivity index (χ2v) is 9.13. The molecule has 174 valence electrons. The Balaban J connectivity index is 2.12. The molecule has 32 heavy (non-hydrogen) atoms. The van der Waals surface area contributed by atoms with Crippen LogP contribution in [0.3, 0.4) is 0 Å². The Morgan fingerprint density at radius 3 is 2.16 bits per heavy atom. The highest BCUT2D eigenvalue weighted by Crippen LogP contribution is 2.47. The van der Waals surface area contributed by atoms with E-state index in [0.29, 0.717) is 0 Å². The van der Waals surface area contributed by atoms with Crippen LogP contribution in [0.15, 0.2) is 24.3 Å². The molecular weight excluding hydrogens is 416 g/mol. The fourth-order valence-electron chi connectivity index (χ4n) is 4.61. The summed E-state index contributed by atoms with van der Waals surface area (Å²) in [5.41, 5.74) is -1.09. The third-order valence-electron chi connectivity index (χ3n) is 6.03. The van der Waals surface area contributed by atoms with E-state index in [9.17, 15) is 19.2 Å². The molecule has 0 N–H and O–H groups in total. The van der Waals surface area contributed by atoms with Crippen molar-refractivity contribution in [3.05, 3.63) is 35.4 Å². The van der Waals surface area contributed by atoms with Gasteiger partial charge in [0.2, 0.25) is 5.41 Å². The van der Waals surface area contributed by atoms with E-state index in [-0.39, 0.29) is 19.5 Å². The first kappa shape index (κ1) is 23.6. The van der Waals surface area contributed by atoms with Gasteiger partial charge < -0.3 is 19.1 Å². The van der Waals surface area contributed by atoms with Crippen LogP contribution >= 0.6 is 0 Å². The van der Waals surface area contributed by atoms with Crippen LogP contribution in [0.2, 0.25) is 0 Å². The maximum atomic E-state index is 13.4. The van der Waals surface area contributed by atoms with Crippen molar-refractivity contribution >= 4 is 23.9 Å². The molecule has 0 aromatic heterocycles. The predicted octanol–water partition coefficient (Wildman–Crippen LogP) is 2.22. The number of hydrogen-bond acceptors (Lipinski definition) is 7. The molecule has 3 rings (SSSR count). The predicted molar refractivity (Wildman–Crippen MR) is 113 cm³/mol. The van der Waals surface area contributed by atoms with Crippen LogP contribution < -0.4 is 0 Å². The minimum atomic E-state index is -2.10. The summed E-state index contributed by atoms with van der Waals surface area (Å²) in [6.45, 7) is 7.59. The third-order valence-corrected chi connectivity index (χ3v) is 6.03. The molecule has 2 amide bonds. The number of piperazine rings is 1. The molecule has 0 aliphatic carbocycles. The van der Waals surface area contributed by atoms with Crippen molar-refractivity contribution in [3.8, 4) is 0 Å². The van der Waals surface area contributed by atoms with Gasteiger partial charge in [0.1, 0.15) is 5.60 Å². The number of hydrogen-bond donors (Lipinski definition) is 0. The summed E-state index contributed by atoms with van der Waals surface area (Å²) in [4.78, 5) is 55.1. The van der Waals surface area contributed by atoms with Crippen LogP contribution in [0.1, 0.15) is 44.4 Å². The Hall–Kier alpha value is -3.10. The lowest BCUT2D eigenvalue weighted by molar-refractivity contribution is -0.172. The Kier molecular flexibility index (Phi) is 6.22. The van der Waals surface area contributed by atoms with Gasteiger partial charge in [-0.1, -0.05) is 24.3 Å². The fraction of sp³-hybridized carbons (Fsp3) is 0.565. The summed E-state index contributed by atoms with van der Waals surface area (Å²) >= 11 is 0. The molecule has 2 aliphatic rings. The quantitative estimate of drug-likeness (QED) is 0.398. The molecule has 0 bridgehead atoms. The van der Waals surface area contributed by atoms with E-state index in [0.717, 1.165) is 25.3 Å². The Labute approximate surface area is 187 Å². The monoisotopic (exact) mass is 446 g/mol. The number of ether oxygens (including phenoxy) is 3. The minimum Gasteiger partial charge on any atom is -0.468 e. The van der Waals surface area contributed by atoms with Gasteiger partial charge in [-0.3, -0.25) is 19.3 Å². The van der Waals surface area contributed by atoms with Crippen LogP contribution in [0.5, 0.6) is 0 Å². The van der Waals surface area contributed by atoms with E-state index in [2.05, 4.69) is 0 Å². The zero-order valence-electron chi connectivity index (χ0n) is 19.3. The number of esters is 2. The van der Waals surface area contributed by atoms with Crippen molar-refractivity contribution in [2.45, 2.75) is 51.8 Å². The average molecular weight is 447 g/mol. The Morgan fingerprint density at radius 1 is 1.03 bits per heavy atom. The molecule has 9 heteroatoms. The van der Waals surface area contributed by atoms with Gasteiger partial charge in [-0.25, -0.2) is 4.79 Å². The Bertz CT molecular complexity index is 921. The number of aryl methyl sites for hydroxylation is 1. The highest BCUT2D eigenvalue weighted by Gasteiger charge is 2.66. The van der Waals surface area contributed by atoms with Gasteiger partial charge in [-0.2, -0.15) is 0 Å². The van der Waals surface area contributed by atoms with E-state index >= 15 is 0 Å². The van der Waals surface area contributed by atoms with E-state index in [1.54, 1.807) is 25.7 Å². The molecule has 2 fully saturated rings. The van der Waals surface area contributed by atoms with E-state index in [1.807, 2.05) is 31.2 Å². The minimum absolute atomic E-state index is 0.154. The van der Waals surface area contributed by atoms with Crippen LogP contribution in [-0.2, 0) is 28.6 Å². The number of nitrogens with zero attached hydrogens (tertiary/aromatic N) is 2. The van der Waals surface area contributed by atoms with Gasteiger partial charge in [0, 0.05) is 19.5 Å². The smallest absolute Gasteiger partial charge is 0.410 e. The normalized spacial score (nSPS) is 22.2. The largest absolute Gasteiger partial charge is 0.468 e. The first-order valence-corrected chi connectivity index (χ1v) is 10.5. The lowest BCUT2D eigenvalue weighted by Gasteiger charge is -2.45. The molecule has 2 saturated heterocycles. The van der Waals surface area contributed by atoms with Crippen LogP contribution in [0.25, 0.3) is 0 Å². The summed E-state index contributed by atoms with van der Waals surface area (Å²) in [5, 5.41) is 0. The molecule has 2 heterocycles. The third kappa shape index (κ3) is 3.80. The van der Waals surface area contributed by atoms with Crippen molar-refractivity contribution in [2.24, 2.45) is 5.41 Å². The fourth-order valence-corrected chi connectivity index (χ4v) is 4.61. The molecule has 0 spiro atoms. The molecule has 2 aliphatic heterocycles. The number of rotatable bonds is 3. The first-order chi connectivity index (χ1) is 15.0. The number of amides is 2. The maximum Gasteiger partial charge on any atom is 0.410 e. The van der Waals surface area contributed by atoms with Gasteiger partial charge in [-0.05, 0) is 38.8 Å². The molecule has 2 unspecified atom stereocenters. The summed E-state index contributed by atoms with van der Waals surface area (Å²) < 4.78 is 15.3. The summed E-state index contributed by atoms with van der Waals surface area (Å²) in [6, 6.07) is 6.26. The van der Waals surface area contributed by atoms with Crippen LogP contribution in [-0.4, -0.2) is 72.7 Å². The average Bonchev–Trinajstić information content (AvgIpc) is 3.04. The molecule has 0 radical (unpaired) electrons. The number of benzene rings is 1. The van der Waals surface area contributed by atoms with Gasteiger partial charge in [0.25, 0.3) is 5.91 Å². The molecule has 0 saturated carbocycles. The summed E-state index contributed by atoms with van der Waals surface area (Å²) in [7, 11) is 2.26. The molecule has 1 aromatic rings. The highest BCUT2D eigenvalue weighted by atomic mass is 16.6. The zero-order valence-corrected chi connectivity index (χ0v) is 19.3. The number of carbonyl (C=O) groups excluding carboxylic acids is 4. The van der Waals surface area contributed by atoms with Gasteiger partial charge >= 0.3 is 18.0 Å². The lowest BCUT2D eigenvalue weighted by Crippen LogP contribution is -2.56. The molecule has 1 aromatic carbocycles. The summed E-state index contributed by atoms with van der Waals surface area (Å²) in [5.74, 6) is -2.59. The zero-order chi connectivity index (χ0) is 23.8. The summed E-state index contributed by atoms with van der Waals surface area (Å²) in [6.07, 6.45) is -0.685. The molecule has 2 atom stereocenters. The Morgan fingerprint density at radius 2 is 1.62 bits per heavy atom. The molecule has 9 nitrogen and oxygen atoms in total. The SMILES string of the molecule is COC(=O)C1(C(=O)OC)CC2C(c3ccccc3C)N(C(=O)OC(C)(C)C)CCN2C1=O. The lowest BCUT2D eigenvalue weighted by atomic mass is 9.81. The first-order valence-electron chi connectivity index (χ1n) is 10.5. The van der Waals surface area contributed by atoms with Gasteiger partial charge in [0.05, 0.1) is 26.3 Å². The second kappa shape index (κ2) is 8.44. The van der Waals surface area contributed by atoms with Crippen molar-refractivity contribution in [1.82, 2.24) is 9.80 Å². The van der Waals surface area contributed by atoms with Crippen molar-refractivity contribution in [3.63, 3.8) is 0 Å². The van der Waals surface area contributed by atoms with E-state index in [4.69, 9.17) is 14.2 Å². The maximum absolute atomic E-state index is 13.4. The molecular formula is C23H30N2O7. The standard InChI is InChI=1S/C23H30N2O7/c1-14-9-7-8-10-15(14)17-16-13-23(19(27)30-5,20(28)31-6)18(26)24(16)11-12-25(17)21(29)32-22(2,3)4/h7-10,16-17H,11-13H2,1-6H3. The van der Waals surface area contributed by atoms with Crippen molar-refractivity contribution < 1.29 is 33.4 Å². The van der Waals surface area contributed by atoms with Crippen LogP contribution in [0, 0.1) is 12.3 Å². The number of methoxy groups -OCH3 is 2. The van der Waals surface area contributed by atoms with Crippen molar-refractivity contribution in [1.29, 1.82) is 0 Å². The highest BCUT2D eigenvalue weighted by molar-refractivity contribution is 6.20. The van der Waals surface area contributed by atoms with Gasteiger partial charge in [-0.15, -0.1) is 0 Å². The van der Waals surface area contributed by atoms with Crippen LogP contribution in [0.4, 0.5) is 4.79 Å². The number of carbonyl (C=O) groups is 4. The van der Waals surface area contributed by atoms with E-state index < -0.39 is 47.0 Å². The van der Waals surface area contributed by atoms with Gasteiger partial charge in [0.15, 0.2) is 0 Å². The second-order valence-electron chi connectivity index (χ2n) is 9.13. The van der Waals surface area contributed by atoms with E-state index in [1.165, 1.54) is 4.90 Å².